The highest BCUT2D eigenvalue weighted by molar-refractivity contribution is 6.32. The maximum atomic E-state index is 12.6. The van der Waals surface area contributed by atoms with E-state index in [9.17, 15) is 10.1 Å². The fourth-order valence-corrected chi connectivity index (χ4v) is 3.30. The number of hydrogen-bond donors (Lipinski definition) is 1. The van der Waals surface area contributed by atoms with Crippen LogP contribution in [0.15, 0.2) is 72.3 Å². The molecule has 0 bridgehead atoms. The van der Waals surface area contributed by atoms with Crippen LogP contribution in [0.25, 0.3) is 6.08 Å². The summed E-state index contributed by atoms with van der Waals surface area (Å²) >= 11 is 12.4. The van der Waals surface area contributed by atoms with Crippen LogP contribution >= 0.6 is 23.2 Å². The Balaban J connectivity index is 1.64. The van der Waals surface area contributed by atoms with Crippen molar-refractivity contribution in [1.29, 1.82) is 5.26 Å². The molecule has 168 valence electrons. The van der Waals surface area contributed by atoms with Crippen LogP contribution in [0.4, 0.5) is 5.69 Å². The molecule has 3 rings (SSSR count). The van der Waals surface area contributed by atoms with Gasteiger partial charge >= 0.3 is 0 Å². The lowest BCUT2D eigenvalue weighted by Crippen LogP contribution is -2.13. The second kappa shape index (κ2) is 11.4. The van der Waals surface area contributed by atoms with E-state index in [4.69, 9.17) is 32.7 Å². The Labute approximate surface area is 203 Å². The fourth-order valence-electron chi connectivity index (χ4n) is 2.88. The van der Waals surface area contributed by atoms with Gasteiger partial charge in [0.1, 0.15) is 29.7 Å². The van der Waals surface area contributed by atoms with Gasteiger partial charge in [-0.2, -0.15) is 5.26 Å². The molecule has 0 spiro atoms. The first-order chi connectivity index (χ1) is 15.9. The van der Waals surface area contributed by atoms with Gasteiger partial charge in [0.05, 0.1) is 11.1 Å². The van der Waals surface area contributed by atoms with Gasteiger partial charge in [0.2, 0.25) is 0 Å². The Morgan fingerprint density at radius 1 is 1.06 bits per heavy atom. The van der Waals surface area contributed by atoms with Crippen molar-refractivity contribution in [3.8, 4) is 17.6 Å². The highest BCUT2D eigenvalue weighted by Gasteiger charge is 2.11. The van der Waals surface area contributed by atoms with Gasteiger partial charge in [0.25, 0.3) is 5.91 Å². The molecule has 0 aliphatic heterocycles. The van der Waals surface area contributed by atoms with Gasteiger partial charge in [-0.25, -0.2) is 0 Å². The first-order valence-corrected chi connectivity index (χ1v) is 11.0. The van der Waals surface area contributed by atoms with Crippen molar-refractivity contribution in [1.82, 2.24) is 0 Å². The van der Waals surface area contributed by atoms with E-state index in [1.165, 1.54) is 6.08 Å². The molecule has 0 unspecified atom stereocenters. The molecule has 0 fully saturated rings. The summed E-state index contributed by atoms with van der Waals surface area (Å²) in [6.07, 6.45) is 1.46. The highest BCUT2D eigenvalue weighted by Crippen LogP contribution is 2.27. The van der Waals surface area contributed by atoms with Crippen molar-refractivity contribution in [3.63, 3.8) is 0 Å². The number of carbonyl (C=O) groups is 1. The van der Waals surface area contributed by atoms with Gasteiger partial charge in [0.15, 0.2) is 0 Å². The number of amides is 1. The molecule has 3 aromatic carbocycles. The molecule has 5 nitrogen and oxygen atoms in total. The predicted molar refractivity (Wildman–Crippen MR) is 132 cm³/mol. The first kappa shape index (κ1) is 24.2. The minimum atomic E-state index is -0.527. The number of carbonyl (C=O) groups excluding carboxylic acids is 1. The van der Waals surface area contributed by atoms with Crippen LogP contribution in [0.3, 0.4) is 0 Å². The molecule has 0 radical (unpaired) electrons. The Kier molecular flexibility index (Phi) is 8.37. The monoisotopic (exact) mass is 480 g/mol. The molecule has 0 atom stereocenters. The number of hydrogen-bond acceptors (Lipinski definition) is 4. The molecule has 33 heavy (non-hydrogen) atoms. The number of ether oxygens (including phenoxy) is 2. The lowest BCUT2D eigenvalue weighted by atomic mass is 10.1. The molecule has 0 aliphatic carbocycles. The number of benzene rings is 3. The molecule has 1 N–H and O–H groups in total. The number of nitrogens with zero attached hydrogens (tertiary/aromatic N) is 1. The van der Waals surface area contributed by atoms with Gasteiger partial charge in [-0.1, -0.05) is 47.5 Å². The molecular weight excluding hydrogens is 459 g/mol. The van der Waals surface area contributed by atoms with Crippen LogP contribution in [0.2, 0.25) is 10.0 Å². The van der Waals surface area contributed by atoms with Crippen LogP contribution in [-0.4, -0.2) is 12.0 Å². The van der Waals surface area contributed by atoms with Gasteiger partial charge in [-0.15, -0.1) is 0 Å². The second-order valence-electron chi connectivity index (χ2n) is 7.38. The largest absolute Gasteiger partial charge is 0.489 e. The maximum absolute atomic E-state index is 12.6. The number of nitriles is 1. The molecule has 7 heteroatoms. The molecule has 0 aliphatic rings. The van der Waals surface area contributed by atoms with Crippen LogP contribution in [-0.2, 0) is 11.4 Å². The first-order valence-electron chi connectivity index (χ1n) is 10.2. The van der Waals surface area contributed by atoms with E-state index in [1.54, 1.807) is 48.5 Å². The molecule has 3 aromatic rings. The number of rotatable bonds is 8. The number of anilines is 1. The van der Waals surface area contributed by atoms with Crippen molar-refractivity contribution in [2.45, 2.75) is 26.6 Å². The number of halogens is 2. The van der Waals surface area contributed by atoms with E-state index in [1.807, 2.05) is 38.1 Å². The Bertz CT molecular complexity index is 1200. The lowest BCUT2D eigenvalue weighted by molar-refractivity contribution is -0.112. The van der Waals surface area contributed by atoms with E-state index in [0.717, 1.165) is 5.56 Å². The summed E-state index contributed by atoms with van der Waals surface area (Å²) in [6.45, 7) is 4.13. The SMILES string of the molecule is CC(C)Oc1ccc(/C=C(\C#N)C(=O)Nc2ccc(OCc3ccccc3Cl)cc2)cc1Cl. The van der Waals surface area contributed by atoms with Crippen molar-refractivity contribution in [2.75, 3.05) is 5.32 Å². The Hall–Kier alpha value is -3.46. The average molecular weight is 481 g/mol. The second-order valence-corrected chi connectivity index (χ2v) is 8.20. The van der Waals surface area contributed by atoms with Crippen molar-refractivity contribution >= 4 is 40.9 Å². The molecule has 0 heterocycles. The zero-order valence-corrected chi connectivity index (χ0v) is 19.7. The van der Waals surface area contributed by atoms with Crippen LogP contribution in [0.1, 0.15) is 25.0 Å². The third kappa shape index (κ3) is 7.01. The van der Waals surface area contributed by atoms with Crippen molar-refractivity contribution < 1.29 is 14.3 Å². The van der Waals surface area contributed by atoms with Crippen LogP contribution < -0.4 is 14.8 Å². The van der Waals surface area contributed by atoms with Crippen LogP contribution in [0, 0.1) is 11.3 Å². The average Bonchev–Trinajstić information content (AvgIpc) is 2.79. The quantitative estimate of drug-likeness (QED) is 0.281. The maximum Gasteiger partial charge on any atom is 0.266 e. The highest BCUT2D eigenvalue weighted by atomic mass is 35.5. The summed E-state index contributed by atoms with van der Waals surface area (Å²) in [6, 6.07) is 21.3. The lowest BCUT2D eigenvalue weighted by Gasteiger charge is -2.11. The molecule has 0 saturated carbocycles. The zero-order valence-electron chi connectivity index (χ0n) is 18.1. The van der Waals surface area contributed by atoms with Crippen LogP contribution in [0.5, 0.6) is 11.5 Å². The molecule has 0 aromatic heterocycles. The summed E-state index contributed by atoms with van der Waals surface area (Å²) in [4.78, 5) is 12.6. The van der Waals surface area contributed by atoms with E-state index >= 15 is 0 Å². The predicted octanol–water partition coefficient (Wildman–Crippen LogP) is 6.91. The third-order valence-electron chi connectivity index (χ3n) is 4.46. The van der Waals surface area contributed by atoms with E-state index in [0.29, 0.717) is 39.4 Å². The van der Waals surface area contributed by atoms with E-state index in [2.05, 4.69) is 5.32 Å². The number of nitrogens with one attached hydrogen (secondary N) is 1. The van der Waals surface area contributed by atoms with Gasteiger partial charge in [0, 0.05) is 16.3 Å². The Morgan fingerprint density at radius 3 is 2.42 bits per heavy atom. The Morgan fingerprint density at radius 2 is 1.79 bits per heavy atom. The van der Waals surface area contributed by atoms with E-state index < -0.39 is 5.91 Å². The molecule has 0 saturated heterocycles. The summed E-state index contributed by atoms with van der Waals surface area (Å²) in [5.41, 5.74) is 1.97. The van der Waals surface area contributed by atoms with Crippen molar-refractivity contribution in [3.05, 3.63) is 93.5 Å². The minimum absolute atomic E-state index is 0.0164. The van der Waals surface area contributed by atoms with Crippen molar-refractivity contribution in [2.24, 2.45) is 0 Å². The molecular formula is C26H22Cl2N2O3. The summed E-state index contributed by atoms with van der Waals surface area (Å²) in [5.74, 6) is 0.645. The minimum Gasteiger partial charge on any atom is -0.489 e. The van der Waals surface area contributed by atoms with Gasteiger partial charge < -0.3 is 14.8 Å². The smallest absolute Gasteiger partial charge is 0.266 e. The summed E-state index contributed by atoms with van der Waals surface area (Å²) < 4.78 is 11.3. The fraction of sp³-hybridized carbons (Fsp3) is 0.154. The van der Waals surface area contributed by atoms with Gasteiger partial charge in [-0.3, -0.25) is 4.79 Å². The van der Waals surface area contributed by atoms with E-state index in [-0.39, 0.29) is 11.7 Å². The van der Waals surface area contributed by atoms with Gasteiger partial charge in [-0.05, 0) is 68.0 Å². The summed E-state index contributed by atoms with van der Waals surface area (Å²) in [5, 5.41) is 13.2. The normalized spacial score (nSPS) is 11.1. The standard InChI is InChI=1S/C26H22Cl2N2O3/c1-17(2)33-25-12-7-18(14-24(25)28)13-20(15-29)26(31)30-21-8-10-22(11-9-21)32-16-19-5-3-4-6-23(19)27/h3-14,17H,16H2,1-2H3,(H,30,31)/b20-13+. The third-order valence-corrected chi connectivity index (χ3v) is 5.12. The summed E-state index contributed by atoms with van der Waals surface area (Å²) in [7, 11) is 0. The topological polar surface area (TPSA) is 71.3 Å². The zero-order chi connectivity index (χ0) is 23.8. The molecule has 1 amide bonds.